The summed E-state index contributed by atoms with van der Waals surface area (Å²) in [6, 6.07) is 9.80. The molecule has 1 aliphatic rings. The van der Waals surface area contributed by atoms with E-state index in [1.165, 1.54) is 4.90 Å². The molecular formula is C19H26N2O4. The molecule has 0 spiro atoms. The number of carboxylic acids is 1. The van der Waals surface area contributed by atoms with Crippen LogP contribution in [0.3, 0.4) is 0 Å². The second-order valence-corrected chi connectivity index (χ2v) is 6.78. The van der Waals surface area contributed by atoms with E-state index in [4.69, 9.17) is 5.11 Å². The monoisotopic (exact) mass is 346 g/mol. The van der Waals surface area contributed by atoms with E-state index in [1.807, 2.05) is 37.3 Å². The highest BCUT2D eigenvalue weighted by Gasteiger charge is 2.29. The predicted octanol–water partition coefficient (Wildman–Crippen LogP) is 1.96. The highest BCUT2D eigenvalue weighted by Crippen LogP contribution is 2.20. The number of likely N-dealkylation sites (tertiary alicyclic amines) is 1. The van der Waals surface area contributed by atoms with Crippen molar-refractivity contribution in [1.29, 1.82) is 0 Å². The second kappa shape index (κ2) is 8.65. The smallest absolute Gasteiger partial charge is 0.308 e. The molecule has 0 radical (unpaired) electrons. The summed E-state index contributed by atoms with van der Waals surface area (Å²) in [6.45, 7) is 2.78. The van der Waals surface area contributed by atoms with E-state index in [-0.39, 0.29) is 30.8 Å². The molecule has 1 fully saturated rings. The first-order chi connectivity index (χ1) is 11.9. The molecule has 0 saturated carbocycles. The van der Waals surface area contributed by atoms with Crippen LogP contribution in [0.25, 0.3) is 0 Å². The largest absolute Gasteiger partial charge is 0.481 e. The molecule has 1 aliphatic heterocycles. The van der Waals surface area contributed by atoms with Gasteiger partial charge >= 0.3 is 5.97 Å². The number of rotatable bonds is 6. The van der Waals surface area contributed by atoms with E-state index >= 15 is 0 Å². The van der Waals surface area contributed by atoms with Gasteiger partial charge in [0.15, 0.2) is 0 Å². The molecule has 2 rings (SSSR count). The van der Waals surface area contributed by atoms with E-state index in [0.717, 1.165) is 5.56 Å². The third-order valence-electron chi connectivity index (χ3n) is 4.77. The van der Waals surface area contributed by atoms with Gasteiger partial charge in [0, 0.05) is 26.6 Å². The summed E-state index contributed by atoms with van der Waals surface area (Å²) in [5, 5.41) is 9.11. The second-order valence-electron chi connectivity index (χ2n) is 6.78. The van der Waals surface area contributed by atoms with Crippen LogP contribution in [0.4, 0.5) is 0 Å². The van der Waals surface area contributed by atoms with Crippen molar-refractivity contribution < 1.29 is 19.5 Å². The third-order valence-corrected chi connectivity index (χ3v) is 4.77. The first kappa shape index (κ1) is 19.0. The number of carbonyl (C=O) groups is 3. The number of amides is 2. The summed E-state index contributed by atoms with van der Waals surface area (Å²) in [4.78, 5) is 38.9. The van der Waals surface area contributed by atoms with E-state index < -0.39 is 11.9 Å². The Bertz CT molecular complexity index is 617. The Balaban J connectivity index is 1.85. The van der Waals surface area contributed by atoms with Crippen molar-refractivity contribution in [3.05, 3.63) is 35.9 Å². The number of nitrogens with zero attached hydrogens (tertiary/aromatic N) is 2. The van der Waals surface area contributed by atoms with Crippen LogP contribution in [0.15, 0.2) is 30.3 Å². The fourth-order valence-corrected chi connectivity index (χ4v) is 3.11. The van der Waals surface area contributed by atoms with Crippen LogP contribution in [-0.4, -0.2) is 59.4 Å². The number of benzene rings is 1. The van der Waals surface area contributed by atoms with Crippen LogP contribution in [-0.2, 0) is 14.4 Å². The maximum absolute atomic E-state index is 12.4. The van der Waals surface area contributed by atoms with Crippen molar-refractivity contribution in [2.75, 3.05) is 26.7 Å². The third kappa shape index (κ3) is 5.31. The quantitative estimate of drug-likeness (QED) is 0.854. The fourth-order valence-electron chi connectivity index (χ4n) is 3.11. The molecule has 6 heteroatoms. The Morgan fingerprint density at radius 2 is 1.96 bits per heavy atom. The molecule has 1 aromatic rings. The van der Waals surface area contributed by atoms with Crippen molar-refractivity contribution >= 4 is 17.8 Å². The molecule has 6 nitrogen and oxygen atoms in total. The lowest BCUT2D eigenvalue weighted by Crippen LogP contribution is -2.47. The number of carbonyl (C=O) groups excluding carboxylic acids is 2. The highest BCUT2D eigenvalue weighted by molar-refractivity contribution is 5.85. The Kier molecular flexibility index (Phi) is 6.56. The first-order valence-corrected chi connectivity index (χ1v) is 8.68. The van der Waals surface area contributed by atoms with Gasteiger partial charge in [-0.1, -0.05) is 37.3 Å². The van der Waals surface area contributed by atoms with Crippen molar-refractivity contribution in [2.24, 2.45) is 5.92 Å². The molecule has 25 heavy (non-hydrogen) atoms. The number of aliphatic carboxylic acids is 1. The maximum Gasteiger partial charge on any atom is 0.308 e. The molecule has 1 heterocycles. The van der Waals surface area contributed by atoms with Crippen LogP contribution in [0.2, 0.25) is 0 Å². The van der Waals surface area contributed by atoms with Gasteiger partial charge in [-0.25, -0.2) is 0 Å². The van der Waals surface area contributed by atoms with E-state index in [0.29, 0.717) is 25.8 Å². The fraction of sp³-hybridized carbons (Fsp3) is 0.526. The molecule has 2 atom stereocenters. The summed E-state index contributed by atoms with van der Waals surface area (Å²) in [5.41, 5.74) is 1.09. The van der Waals surface area contributed by atoms with Gasteiger partial charge in [-0.3, -0.25) is 14.4 Å². The summed E-state index contributed by atoms with van der Waals surface area (Å²) in [5.74, 6) is -1.56. The normalized spacial score (nSPS) is 18.5. The van der Waals surface area contributed by atoms with E-state index in [1.54, 1.807) is 11.9 Å². The average molecular weight is 346 g/mol. The zero-order valence-corrected chi connectivity index (χ0v) is 14.9. The van der Waals surface area contributed by atoms with Gasteiger partial charge in [0.25, 0.3) is 0 Å². The van der Waals surface area contributed by atoms with Crippen molar-refractivity contribution in [3.63, 3.8) is 0 Å². The lowest BCUT2D eigenvalue weighted by molar-refractivity contribution is -0.147. The van der Waals surface area contributed by atoms with Crippen molar-refractivity contribution in [1.82, 2.24) is 9.80 Å². The molecule has 2 amide bonds. The van der Waals surface area contributed by atoms with Gasteiger partial charge in [-0.2, -0.15) is 0 Å². The number of hydrogen-bond acceptors (Lipinski definition) is 3. The minimum atomic E-state index is -0.862. The molecule has 1 N–H and O–H groups in total. The Morgan fingerprint density at radius 1 is 1.28 bits per heavy atom. The van der Waals surface area contributed by atoms with Gasteiger partial charge in [-0.15, -0.1) is 0 Å². The lowest BCUT2D eigenvalue weighted by Gasteiger charge is -2.32. The molecule has 0 aromatic heterocycles. The van der Waals surface area contributed by atoms with Gasteiger partial charge in [0.2, 0.25) is 11.8 Å². The van der Waals surface area contributed by atoms with Gasteiger partial charge in [-0.05, 0) is 24.3 Å². The van der Waals surface area contributed by atoms with E-state index in [9.17, 15) is 14.4 Å². The van der Waals surface area contributed by atoms with Crippen molar-refractivity contribution in [2.45, 2.75) is 32.1 Å². The molecular weight excluding hydrogens is 320 g/mol. The lowest BCUT2D eigenvalue weighted by atomic mass is 9.97. The molecule has 0 aliphatic carbocycles. The Morgan fingerprint density at radius 3 is 2.60 bits per heavy atom. The molecule has 1 aromatic carbocycles. The average Bonchev–Trinajstić information content (AvgIpc) is 2.62. The van der Waals surface area contributed by atoms with Crippen LogP contribution in [0, 0.1) is 5.92 Å². The predicted molar refractivity (Wildman–Crippen MR) is 94.1 cm³/mol. The van der Waals surface area contributed by atoms with Crippen LogP contribution >= 0.6 is 0 Å². The Hall–Kier alpha value is -2.37. The zero-order chi connectivity index (χ0) is 18.4. The molecule has 136 valence electrons. The van der Waals surface area contributed by atoms with E-state index in [2.05, 4.69) is 0 Å². The van der Waals surface area contributed by atoms with Crippen molar-refractivity contribution in [3.8, 4) is 0 Å². The number of piperidine rings is 1. The first-order valence-electron chi connectivity index (χ1n) is 8.68. The summed E-state index contributed by atoms with van der Waals surface area (Å²) >= 11 is 0. The number of carboxylic acid groups (broad SMARTS) is 1. The molecule has 0 bridgehead atoms. The van der Waals surface area contributed by atoms with Crippen LogP contribution in [0.5, 0.6) is 0 Å². The standard InChI is InChI=1S/C19H26N2O4/c1-14(15-7-4-3-5-8-15)11-17(22)20(2)13-18(23)21-10-6-9-16(12-21)19(24)25/h3-5,7-8,14,16H,6,9-13H2,1-2H3,(H,24,25). The highest BCUT2D eigenvalue weighted by atomic mass is 16.4. The summed E-state index contributed by atoms with van der Waals surface area (Å²) < 4.78 is 0. The van der Waals surface area contributed by atoms with Crippen LogP contribution in [0.1, 0.15) is 37.7 Å². The van der Waals surface area contributed by atoms with Gasteiger partial charge in [0.1, 0.15) is 0 Å². The molecule has 2 unspecified atom stereocenters. The topological polar surface area (TPSA) is 77.9 Å². The zero-order valence-electron chi connectivity index (χ0n) is 14.9. The molecule has 1 saturated heterocycles. The van der Waals surface area contributed by atoms with Gasteiger partial charge < -0.3 is 14.9 Å². The Labute approximate surface area is 148 Å². The van der Waals surface area contributed by atoms with Crippen LogP contribution < -0.4 is 0 Å². The maximum atomic E-state index is 12.4. The summed E-state index contributed by atoms with van der Waals surface area (Å²) in [7, 11) is 1.62. The number of likely N-dealkylation sites (N-methyl/N-ethyl adjacent to an activating group) is 1. The van der Waals surface area contributed by atoms with Gasteiger partial charge in [0.05, 0.1) is 12.5 Å². The minimum absolute atomic E-state index is 0.00726. The summed E-state index contributed by atoms with van der Waals surface area (Å²) in [6.07, 6.45) is 1.62. The SMILES string of the molecule is CC(CC(=O)N(C)CC(=O)N1CCCC(C(=O)O)C1)c1ccccc1. The minimum Gasteiger partial charge on any atom is -0.481 e. The number of hydrogen-bond donors (Lipinski definition) is 1.